The first-order chi connectivity index (χ1) is 13.4. The Hall–Kier alpha value is -3.74. The summed E-state index contributed by atoms with van der Waals surface area (Å²) in [6.07, 6.45) is -1.04. The minimum Gasteiger partial charge on any atom is -0.449 e. The smallest absolute Gasteiger partial charge is 0.338 e. The van der Waals surface area contributed by atoms with Crippen molar-refractivity contribution in [1.29, 1.82) is 0 Å². The number of nitrogens with zero attached hydrogens (tertiary/aromatic N) is 1. The Morgan fingerprint density at radius 1 is 1.07 bits per heavy atom. The molecule has 0 radical (unpaired) electrons. The molecule has 1 N–H and O–H groups in total. The Labute approximate surface area is 161 Å². The van der Waals surface area contributed by atoms with Crippen molar-refractivity contribution in [2.45, 2.75) is 20.0 Å². The molecule has 3 aromatic rings. The van der Waals surface area contributed by atoms with Crippen LogP contribution in [0.25, 0.3) is 10.8 Å². The van der Waals surface area contributed by atoms with E-state index in [-0.39, 0.29) is 11.3 Å². The molecule has 0 fully saturated rings. The predicted octanol–water partition coefficient (Wildman–Crippen LogP) is 4.24. The third-order valence-electron chi connectivity index (χ3n) is 4.33. The maximum Gasteiger partial charge on any atom is 0.338 e. The summed E-state index contributed by atoms with van der Waals surface area (Å²) in [4.78, 5) is 35.1. The van der Waals surface area contributed by atoms with E-state index in [1.54, 1.807) is 6.07 Å². The number of benzene rings is 3. The highest BCUT2D eigenvalue weighted by Crippen LogP contribution is 2.23. The van der Waals surface area contributed by atoms with E-state index in [0.717, 1.165) is 10.8 Å². The molecule has 0 spiro atoms. The third kappa shape index (κ3) is 3.98. The van der Waals surface area contributed by atoms with Crippen molar-refractivity contribution in [2.24, 2.45) is 0 Å². The monoisotopic (exact) mass is 378 g/mol. The lowest BCUT2D eigenvalue weighted by Crippen LogP contribution is -2.30. The van der Waals surface area contributed by atoms with Crippen LogP contribution in [0.3, 0.4) is 0 Å². The molecule has 0 bridgehead atoms. The van der Waals surface area contributed by atoms with Crippen LogP contribution in [0.5, 0.6) is 0 Å². The Bertz CT molecular complexity index is 1070. The molecule has 0 aromatic heterocycles. The predicted molar refractivity (Wildman–Crippen MR) is 105 cm³/mol. The molecule has 0 aliphatic rings. The van der Waals surface area contributed by atoms with Gasteiger partial charge in [-0.15, -0.1) is 0 Å². The van der Waals surface area contributed by atoms with Crippen molar-refractivity contribution >= 4 is 34.0 Å². The summed E-state index contributed by atoms with van der Waals surface area (Å²) in [5, 5.41) is 15.5. The summed E-state index contributed by atoms with van der Waals surface area (Å²) in [7, 11) is 0. The van der Waals surface area contributed by atoms with Crippen LogP contribution in [0.4, 0.5) is 11.4 Å². The summed E-state index contributed by atoms with van der Waals surface area (Å²) in [6.45, 7) is 3.00. The zero-order valence-electron chi connectivity index (χ0n) is 15.3. The van der Waals surface area contributed by atoms with Crippen LogP contribution in [0.15, 0.2) is 60.7 Å². The molecule has 7 nitrogen and oxygen atoms in total. The minimum absolute atomic E-state index is 0.0849. The molecule has 1 amide bonds. The number of nitro groups is 1. The van der Waals surface area contributed by atoms with Crippen LogP contribution in [-0.2, 0) is 9.53 Å². The molecule has 28 heavy (non-hydrogen) atoms. The van der Waals surface area contributed by atoms with Crippen LogP contribution >= 0.6 is 0 Å². The summed E-state index contributed by atoms with van der Waals surface area (Å²) < 4.78 is 5.22. The topological polar surface area (TPSA) is 98.5 Å². The number of esters is 1. The van der Waals surface area contributed by atoms with Gasteiger partial charge >= 0.3 is 5.97 Å². The van der Waals surface area contributed by atoms with Gasteiger partial charge in [0.1, 0.15) is 0 Å². The average Bonchev–Trinajstić information content (AvgIpc) is 2.67. The Morgan fingerprint density at radius 3 is 2.50 bits per heavy atom. The van der Waals surface area contributed by atoms with E-state index >= 15 is 0 Å². The van der Waals surface area contributed by atoms with Crippen molar-refractivity contribution in [3.63, 3.8) is 0 Å². The first-order valence-corrected chi connectivity index (χ1v) is 8.61. The molecule has 0 saturated carbocycles. The number of ether oxygens (including phenoxy) is 1. The Morgan fingerprint density at radius 2 is 1.79 bits per heavy atom. The lowest BCUT2D eigenvalue weighted by Gasteiger charge is -2.15. The highest BCUT2D eigenvalue weighted by Gasteiger charge is 2.21. The fourth-order valence-electron chi connectivity index (χ4n) is 2.84. The average molecular weight is 378 g/mol. The molecular weight excluding hydrogens is 360 g/mol. The number of aryl methyl sites for hydroxylation is 1. The number of amides is 1. The van der Waals surface area contributed by atoms with Gasteiger partial charge in [-0.3, -0.25) is 14.9 Å². The van der Waals surface area contributed by atoms with Crippen molar-refractivity contribution in [3.8, 4) is 0 Å². The molecule has 7 heteroatoms. The fourth-order valence-corrected chi connectivity index (χ4v) is 2.84. The molecule has 3 rings (SSSR count). The summed E-state index contributed by atoms with van der Waals surface area (Å²) in [5.74, 6) is -1.19. The van der Waals surface area contributed by atoms with E-state index in [0.29, 0.717) is 11.3 Å². The number of carbonyl (C=O) groups is 2. The van der Waals surface area contributed by atoms with E-state index in [2.05, 4.69) is 5.32 Å². The number of anilines is 1. The summed E-state index contributed by atoms with van der Waals surface area (Å²) >= 11 is 0. The molecule has 0 aliphatic carbocycles. The standard InChI is InChI=1S/C21H18N2O5/c1-13-12-16(10-11-19(13)23(26)27)21(25)28-14(2)20(24)22-18-9-5-7-15-6-3-4-8-17(15)18/h3-12,14H,1-2H3,(H,22,24)/t14-/m1/s1. The Kier molecular flexibility index (Phi) is 5.35. The minimum atomic E-state index is -1.04. The molecule has 0 saturated heterocycles. The van der Waals surface area contributed by atoms with Gasteiger partial charge in [0.05, 0.1) is 10.5 Å². The summed E-state index contributed by atoms with van der Waals surface area (Å²) in [6, 6.07) is 17.1. The van der Waals surface area contributed by atoms with E-state index in [9.17, 15) is 19.7 Å². The van der Waals surface area contributed by atoms with E-state index in [1.165, 1.54) is 32.0 Å². The number of carbonyl (C=O) groups excluding carboxylic acids is 2. The van der Waals surface area contributed by atoms with Crippen molar-refractivity contribution in [1.82, 2.24) is 0 Å². The van der Waals surface area contributed by atoms with Crippen LogP contribution in [0.2, 0.25) is 0 Å². The first kappa shape index (κ1) is 19.0. The lowest BCUT2D eigenvalue weighted by molar-refractivity contribution is -0.385. The normalized spacial score (nSPS) is 11.6. The lowest BCUT2D eigenvalue weighted by atomic mass is 10.1. The van der Waals surface area contributed by atoms with Gasteiger partial charge in [0.15, 0.2) is 6.10 Å². The number of hydrogen-bond donors (Lipinski definition) is 1. The third-order valence-corrected chi connectivity index (χ3v) is 4.33. The molecule has 1 atom stereocenters. The van der Waals surface area contributed by atoms with Crippen molar-refractivity contribution < 1.29 is 19.2 Å². The van der Waals surface area contributed by atoms with Gasteiger partial charge in [-0.2, -0.15) is 0 Å². The molecule has 0 heterocycles. The van der Waals surface area contributed by atoms with Gasteiger partial charge in [0, 0.05) is 22.7 Å². The molecule has 0 aliphatic heterocycles. The van der Waals surface area contributed by atoms with Crippen LogP contribution in [0.1, 0.15) is 22.8 Å². The second-order valence-electron chi connectivity index (χ2n) is 6.32. The van der Waals surface area contributed by atoms with Crippen LogP contribution < -0.4 is 5.32 Å². The maximum atomic E-state index is 12.5. The van der Waals surface area contributed by atoms with Crippen molar-refractivity contribution in [3.05, 3.63) is 81.9 Å². The van der Waals surface area contributed by atoms with Gasteiger partial charge in [0.2, 0.25) is 0 Å². The maximum absolute atomic E-state index is 12.5. The number of rotatable bonds is 5. The molecule has 142 valence electrons. The van der Waals surface area contributed by atoms with Crippen LogP contribution in [0, 0.1) is 17.0 Å². The number of nitro benzene ring substituents is 1. The number of nitrogens with one attached hydrogen (secondary N) is 1. The highest BCUT2D eigenvalue weighted by molar-refractivity contribution is 6.04. The van der Waals surface area contributed by atoms with Crippen LogP contribution in [-0.4, -0.2) is 22.9 Å². The van der Waals surface area contributed by atoms with E-state index in [4.69, 9.17) is 4.74 Å². The second kappa shape index (κ2) is 7.87. The first-order valence-electron chi connectivity index (χ1n) is 8.61. The second-order valence-corrected chi connectivity index (χ2v) is 6.32. The zero-order chi connectivity index (χ0) is 20.3. The fraction of sp³-hybridized carbons (Fsp3) is 0.143. The zero-order valence-corrected chi connectivity index (χ0v) is 15.3. The Balaban J connectivity index is 1.71. The SMILES string of the molecule is Cc1cc(C(=O)O[C@H](C)C(=O)Nc2cccc3ccccc23)ccc1[N+](=O)[O-]. The summed E-state index contributed by atoms with van der Waals surface area (Å²) in [5.41, 5.74) is 1.02. The van der Waals surface area contributed by atoms with Gasteiger partial charge < -0.3 is 10.1 Å². The highest BCUT2D eigenvalue weighted by atomic mass is 16.6. The van der Waals surface area contributed by atoms with Crippen molar-refractivity contribution in [2.75, 3.05) is 5.32 Å². The van der Waals surface area contributed by atoms with Gasteiger partial charge in [-0.05, 0) is 37.4 Å². The molecule has 0 unspecified atom stereocenters. The number of hydrogen-bond acceptors (Lipinski definition) is 5. The van der Waals surface area contributed by atoms with E-state index in [1.807, 2.05) is 36.4 Å². The molecular formula is C21H18N2O5. The van der Waals surface area contributed by atoms with Gasteiger partial charge in [-0.1, -0.05) is 36.4 Å². The molecule has 3 aromatic carbocycles. The van der Waals surface area contributed by atoms with E-state index < -0.39 is 22.9 Å². The number of fused-ring (bicyclic) bond motifs is 1. The largest absolute Gasteiger partial charge is 0.449 e. The quantitative estimate of drug-likeness (QED) is 0.407. The van der Waals surface area contributed by atoms with Gasteiger partial charge in [0.25, 0.3) is 11.6 Å². The van der Waals surface area contributed by atoms with Gasteiger partial charge in [-0.25, -0.2) is 4.79 Å².